The van der Waals surface area contributed by atoms with E-state index in [0.717, 1.165) is 16.8 Å². The van der Waals surface area contributed by atoms with E-state index in [9.17, 15) is 4.79 Å². The molecule has 3 aromatic rings. The third kappa shape index (κ3) is 2.53. The topological polar surface area (TPSA) is 80.9 Å². The fraction of sp³-hybridized carbons (Fsp3) is 0.231. The summed E-state index contributed by atoms with van der Waals surface area (Å²) in [6.45, 7) is 1.99. The lowest BCUT2D eigenvalue weighted by molar-refractivity contribution is -0.115. The Morgan fingerprint density at radius 1 is 1.35 bits per heavy atom. The van der Waals surface area contributed by atoms with E-state index >= 15 is 0 Å². The Bertz CT molecular complexity index is 750. The molecule has 102 valence electrons. The Morgan fingerprint density at radius 3 is 3.00 bits per heavy atom. The highest BCUT2D eigenvalue weighted by atomic mass is 32.1. The van der Waals surface area contributed by atoms with Gasteiger partial charge in [0.05, 0.1) is 6.42 Å². The van der Waals surface area contributed by atoms with Crippen molar-refractivity contribution in [3.05, 3.63) is 35.0 Å². The molecule has 0 fully saturated rings. The highest BCUT2D eigenvalue weighted by Crippen LogP contribution is 2.19. The maximum atomic E-state index is 12.0. The van der Waals surface area contributed by atoms with E-state index in [1.54, 1.807) is 0 Å². The molecule has 0 aliphatic carbocycles. The van der Waals surface area contributed by atoms with Crippen LogP contribution in [0, 0.1) is 0 Å². The van der Waals surface area contributed by atoms with Gasteiger partial charge in [0.25, 0.3) is 0 Å². The number of benzene rings is 1. The van der Waals surface area contributed by atoms with Gasteiger partial charge < -0.3 is 9.84 Å². The number of aromatic nitrogens is 3. The number of nitrogens with zero attached hydrogens (tertiary/aromatic N) is 3. The summed E-state index contributed by atoms with van der Waals surface area (Å²) in [5.74, 6) is -0.178. The van der Waals surface area contributed by atoms with Gasteiger partial charge in [-0.05, 0) is 18.6 Å². The Labute approximate surface area is 118 Å². The lowest BCUT2D eigenvalue weighted by Gasteiger charge is -1.98. The molecule has 0 spiro atoms. The van der Waals surface area contributed by atoms with Crippen molar-refractivity contribution < 1.29 is 9.32 Å². The Balaban J connectivity index is 1.72. The van der Waals surface area contributed by atoms with Gasteiger partial charge in [-0.25, -0.2) is 0 Å². The first-order valence-electron chi connectivity index (χ1n) is 6.22. The lowest BCUT2D eigenvalue weighted by atomic mass is 10.2. The van der Waals surface area contributed by atoms with Crippen LogP contribution in [0.4, 0.5) is 5.13 Å². The van der Waals surface area contributed by atoms with Gasteiger partial charge in [0.15, 0.2) is 5.58 Å². The molecule has 3 rings (SSSR count). The van der Waals surface area contributed by atoms with Crippen LogP contribution in [0.25, 0.3) is 11.0 Å². The van der Waals surface area contributed by atoms with Gasteiger partial charge in [0, 0.05) is 5.39 Å². The zero-order valence-corrected chi connectivity index (χ0v) is 11.6. The molecule has 7 heteroatoms. The molecule has 1 amide bonds. The van der Waals surface area contributed by atoms with Crippen molar-refractivity contribution in [2.75, 3.05) is 5.32 Å². The predicted molar refractivity (Wildman–Crippen MR) is 75.6 cm³/mol. The first-order chi connectivity index (χ1) is 9.76. The van der Waals surface area contributed by atoms with Gasteiger partial charge in [-0.1, -0.05) is 35.5 Å². The molecular formula is C13H12N4O2S. The summed E-state index contributed by atoms with van der Waals surface area (Å²) in [6, 6.07) is 7.46. The fourth-order valence-corrected chi connectivity index (χ4v) is 2.52. The van der Waals surface area contributed by atoms with E-state index in [2.05, 4.69) is 20.7 Å². The number of anilines is 1. The van der Waals surface area contributed by atoms with Crippen molar-refractivity contribution in [3.8, 4) is 0 Å². The maximum Gasteiger partial charge on any atom is 0.232 e. The average Bonchev–Trinajstić information content (AvgIpc) is 3.06. The zero-order chi connectivity index (χ0) is 13.9. The van der Waals surface area contributed by atoms with Crippen molar-refractivity contribution >= 4 is 33.3 Å². The van der Waals surface area contributed by atoms with Crippen molar-refractivity contribution in [3.63, 3.8) is 0 Å². The van der Waals surface area contributed by atoms with Crippen LogP contribution in [-0.2, 0) is 17.6 Å². The average molecular weight is 288 g/mol. The molecule has 0 atom stereocenters. The second-order valence-corrected chi connectivity index (χ2v) is 5.27. The normalized spacial score (nSPS) is 10.8. The molecule has 0 saturated carbocycles. The van der Waals surface area contributed by atoms with Gasteiger partial charge in [0.2, 0.25) is 11.0 Å². The fourth-order valence-electron chi connectivity index (χ4n) is 1.83. The molecule has 1 N–H and O–H groups in total. The number of aryl methyl sites for hydroxylation is 1. The summed E-state index contributed by atoms with van der Waals surface area (Å²) < 4.78 is 5.17. The van der Waals surface area contributed by atoms with Crippen LogP contribution in [-0.4, -0.2) is 21.3 Å². The van der Waals surface area contributed by atoms with Crippen molar-refractivity contribution in [1.29, 1.82) is 0 Å². The number of hydrogen-bond acceptors (Lipinski definition) is 6. The molecule has 0 aliphatic rings. The van der Waals surface area contributed by atoms with E-state index in [0.29, 0.717) is 16.4 Å². The van der Waals surface area contributed by atoms with Crippen LogP contribution < -0.4 is 5.32 Å². The standard InChI is InChI=1S/C13H12N4O2S/c1-2-12-15-16-13(20-12)14-11(18)7-9-8-5-3-4-6-10(8)19-17-9/h3-6H,2,7H2,1H3,(H,14,16,18). The largest absolute Gasteiger partial charge is 0.356 e. The van der Waals surface area contributed by atoms with Gasteiger partial charge in [-0.3, -0.25) is 4.79 Å². The van der Waals surface area contributed by atoms with Gasteiger partial charge in [0.1, 0.15) is 10.7 Å². The molecule has 1 aromatic carbocycles. The van der Waals surface area contributed by atoms with Crippen molar-refractivity contribution in [2.45, 2.75) is 19.8 Å². The Morgan fingerprint density at radius 2 is 2.20 bits per heavy atom. The van der Waals surface area contributed by atoms with E-state index in [1.807, 2.05) is 31.2 Å². The predicted octanol–water partition coefficient (Wildman–Crippen LogP) is 2.42. The summed E-state index contributed by atoms with van der Waals surface area (Å²) in [4.78, 5) is 12.0. The molecule has 0 radical (unpaired) electrons. The minimum atomic E-state index is -0.178. The summed E-state index contributed by atoms with van der Waals surface area (Å²) in [6.07, 6.45) is 0.958. The molecular weight excluding hydrogens is 276 g/mol. The number of nitrogens with one attached hydrogen (secondary N) is 1. The van der Waals surface area contributed by atoms with Gasteiger partial charge in [-0.15, -0.1) is 10.2 Å². The second-order valence-electron chi connectivity index (χ2n) is 4.20. The number of rotatable bonds is 4. The molecule has 6 nitrogen and oxygen atoms in total. The third-order valence-electron chi connectivity index (χ3n) is 2.80. The first kappa shape index (κ1) is 12.7. The highest BCUT2D eigenvalue weighted by molar-refractivity contribution is 7.15. The molecule has 2 heterocycles. The molecule has 0 bridgehead atoms. The minimum Gasteiger partial charge on any atom is -0.356 e. The van der Waals surface area contributed by atoms with E-state index in [-0.39, 0.29) is 12.3 Å². The SMILES string of the molecule is CCc1nnc(NC(=O)Cc2noc3ccccc23)s1. The van der Waals surface area contributed by atoms with Gasteiger partial charge >= 0.3 is 0 Å². The summed E-state index contributed by atoms with van der Waals surface area (Å²) >= 11 is 1.38. The van der Waals surface area contributed by atoms with Crippen LogP contribution in [0.2, 0.25) is 0 Å². The van der Waals surface area contributed by atoms with E-state index in [1.165, 1.54) is 11.3 Å². The summed E-state index contributed by atoms with van der Waals surface area (Å²) in [5.41, 5.74) is 1.30. The van der Waals surface area contributed by atoms with Crippen molar-refractivity contribution in [1.82, 2.24) is 15.4 Å². The molecule has 20 heavy (non-hydrogen) atoms. The summed E-state index contributed by atoms with van der Waals surface area (Å²) in [5, 5.41) is 16.8. The molecule has 0 unspecified atom stereocenters. The van der Waals surface area contributed by atoms with E-state index in [4.69, 9.17) is 4.52 Å². The second kappa shape index (κ2) is 5.38. The molecule has 0 saturated heterocycles. The molecule has 2 aromatic heterocycles. The van der Waals surface area contributed by atoms with Crippen LogP contribution >= 0.6 is 11.3 Å². The minimum absolute atomic E-state index is 0.151. The number of fused-ring (bicyclic) bond motifs is 1. The number of carbonyl (C=O) groups excluding carboxylic acids is 1. The van der Waals surface area contributed by atoms with Crippen LogP contribution in [0.3, 0.4) is 0 Å². The van der Waals surface area contributed by atoms with Crippen LogP contribution in [0.5, 0.6) is 0 Å². The quantitative estimate of drug-likeness (QED) is 0.797. The van der Waals surface area contributed by atoms with Gasteiger partial charge in [-0.2, -0.15) is 0 Å². The Kier molecular flexibility index (Phi) is 3.42. The smallest absolute Gasteiger partial charge is 0.232 e. The zero-order valence-electron chi connectivity index (χ0n) is 10.8. The highest BCUT2D eigenvalue weighted by Gasteiger charge is 2.13. The lowest BCUT2D eigenvalue weighted by Crippen LogP contribution is -2.14. The van der Waals surface area contributed by atoms with Crippen molar-refractivity contribution in [2.24, 2.45) is 0 Å². The third-order valence-corrected chi connectivity index (χ3v) is 3.78. The molecule has 0 aliphatic heterocycles. The van der Waals surface area contributed by atoms with Crippen LogP contribution in [0.15, 0.2) is 28.8 Å². The monoisotopic (exact) mass is 288 g/mol. The first-order valence-corrected chi connectivity index (χ1v) is 7.03. The summed E-state index contributed by atoms with van der Waals surface area (Å²) in [7, 11) is 0. The Hall–Kier alpha value is -2.28. The van der Waals surface area contributed by atoms with E-state index < -0.39 is 0 Å². The van der Waals surface area contributed by atoms with Crippen LogP contribution in [0.1, 0.15) is 17.6 Å². The number of hydrogen-bond donors (Lipinski definition) is 1. The number of carbonyl (C=O) groups is 1. The number of amides is 1. The number of para-hydroxylation sites is 1. The maximum absolute atomic E-state index is 12.0.